The molecule has 0 bridgehead atoms. The van der Waals surface area contributed by atoms with E-state index in [-0.39, 0.29) is 5.91 Å². The minimum Gasteiger partial charge on any atom is -0.352 e. The highest BCUT2D eigenvalue weighted by molar-refractivity contribution is 6.33. The summed E-state index contributed by atoms with van der Waals surface area (Å²) in [7, 11) is 0. The number of pyridine rings is 1. The molecule has 124 valence electrons. The molecule has 3 rings (SSSR count). The Morgan fingerprint density at radius 2 is 2.08 bits per heavy atom. The smallest absolute Gasteiger partial charge is 0.252 e. The van der Waals surface area contributed by atoms with E-state index in [4.69, 9.17) is 11.6 Å². The highest BCUT2D eigenvalue weighted by Crippen LogP contribution is 2.20. The molecule has 5 heteroatoms. The molecule has 0 spiro atoms. The lowest BCUT2D eigenvalue weighted by Crippen LogP contribution is -2.25. The van der Waals surface area contributed by atoms with E-state index in [0.717, 1.165) is 30.4 Å². The lowest BCUT2D eigenvalue weighted by molar-refractivity contribution is 0.0954. The standard InChI is InChI=1S/C19H20ClN3O/c1-2-12-23-13-14(15-7-5-10-21-18(15)23)9-11-22-19(24)16-6-3-4-8-17(16)20/h3-8,10,13H,2,9,11-12H2,1H3,(H,22,24). The van der Waals surface area contributed by atoms with Crippen molar-refractivity contribution < 1.29 is 4.79 Å². The number of nitrogens with one attached hydrogen (secondary N) is 1. The quantitative estimate of drug-likeness (QED) is 0.734. The highest BCUT2D eigenvalue weighted by Gasteiger charge is 2.11. The van der Waals surface area contributed by atoms with E-state index in [1.165, 1.54) is 5.56 Å². The SMILES string of the molecule is CCCn1cc(CCNC(=O)c2ccccc2Cl)c2cccnc21. The predicted molar refractivity (Wildman–Crippen MR) is 97.5 cm³/mol. The van der Waals surface area contributed by atoms with Crippen molar-refractivity contribution in [1.82, 2.24) is 14.9 Å². The summed E-state index contributed by atoms with van der Waals surface area (Å²) < 4.78 is 2.18. The van der Waals surface area contributed by atoms with Crippen molar-refractivity contribution in [1.29, 1.82) is 0 Å². The Hall–Kier alpha value is -2.33. The lowest BCUT2D eigenvalue weighted by atomic mass is 10.1. The van der Waals surface area contributed by atoms with Gasteiger partial charge in [0.1, 0.15) is 5.65 Å². The second-order valence-electron chi connectivity index (χ2n) is 5.71. The minimum atomic E-state index is -0.143. The molecule has 1 amide bonds. The third-order valence-electron chi connectivity index (χ3n) is 3.98. The van der Waals surface area contributed by atoms with E-state index < -0.39 is 0 Å². The van der Waals surface area contributed by atoms with E-state index in [2.05, 4.69) is 34.1 Å². The molecule has 1 N–H and O–H groups in total. The number of fused-ring (bicyclic) bond motifs is 1. The molecule has 0 aliphatic rings. The van der Waals surface area contributed by atoms with Crippen LogP contribution >= 0.6 is 11.6 Å². The fourth-order valence-corrected chi connectivity index (χ4v) is 3.08. The molecule has 0 aliphatic heterocycles. The van der Waals surface area contributed by atoms with Crippen LogP contribution in [0.4, 0.5) is 0 Å². The Morgan fingerprint density at radius 3 is 2.88 bits per heavy atom. The van der Waals surface area contributed by atoms with E-state index in [0.29, 0.717) is 17.1 Å². The van der Waals surface area contributed by atoms with Crippen molar-refractivity contribution in [3.8, 4) is 0 Å². The fourth-order valence-electron chi connectivity index (χ4n) is 2.86. The maximum Gasteiger partial charge on any atom is 0.252 e. The molecule has 2 aromatic heterocycles. The van der Waals surface area contributed by atoms with Crippen LogP contribution in [0.15, 0.2) is 48.8 Å². The Bertz CT molecular complexity index is 857. The molecule has 2 heterocycles. The Labute approximate surface area is 146 Å². The molecule has 1 aromatic carbocycles. The number of nitrogens with zero attached hydrogens (tertiary/aromatic N) is 2. The zero-order valence-electron chi connectivity index (χ0n) is 13.6. The zero-order chi connectivity index (χ0) is 16.9. The molecule has 0 unspecified atom stereocenters. The number of rotatable bonds is 6. The molecule has 0 radical (unpaired) electrons. The largest absolute Gasteiger partial charge is 0.352 e. The molecule has 0 saturated carbocycles. The Balaban J connectivity index is 1.70. The number of carbonyl (C=O) groups excluding carboxylic acids is 1. The topological polar surface area (TPSA) is 46.9 Å². The third-order valence-corrected chi connectivity index (χ3v) is 4.31. The number of carbonyl (C=O) groups is 1. The van der Waals surface area contributed by atoms with Gasteiger partial charge in [-0.25, -0.2) is 4.98 Å². The van der Waals surface area contributed by atoms with Crippen molar-refractivity contribution >= 4 is 28.5 Å². The Kier molecular flexibility index (Phi) is 5.16. The van der Waals surface area contributed by atoms with E-state index in [1.807, 2.05) is 24.4 Å². The number of aromatic nitrogens is 2. The van der Waals surface area contributed by atoms with Crippen LogP contribution < -0.4 is 5.32 Å². The summed E-state index contributed by atoms with van der Waals surface area (Å²) in [4.78, 5) is 16.7. The van der Waals surface area contributed by atoms with Gasteiger partial charge in [-0.15, -0.1) is 0 Å². The monoisotopic (exact) mass is 341 g/mol. The first kappa shape index (κ1) is 16.5. The number of aryl methyl sites for hydroxylation is 1. The normalized spacial score (nSPS) is 10.9. The van der Waals surface area contributed by atoms with E-state index in [9.17, 15) is 4.79 Å². The average molecular weight is 342 g/mol. The van der Waals surface area contributed by atoms with Crippen LogP contribution in [0.5, 0.6) is 0 Å². The van der Waals surface area contributed by atoms with Crippen molar-refractivity contribution in [3.63, 3.8) is 0 Å². The number of amides is 1. The van der Waals surface area contributed by atoms with Gasteiger partial charge in [-0.3, -0.25) is 4.79 Å². The van der Waals surface area contributed by atoms with Crippen LogP contribution in [0.25, 0.3) is 11.0 Å². The van der Waals surface area contributed by atoms with Gasteiger partial charge in [0.2, 0.25) is 0 Å². The van der Waals surface area contributed by atoms with Crippen LogP contribution in [0.3, 0.4) is 0 Å². The van der Waals surface area contributed by atoms with Gasteiger partial charge in [-0.05, 0) is 42.7 Å². The summed E-state index contributed by atoms with van der Waals surface area (Å²) in [6.07, 6.45) is 5.78. The predicted octanol–water partition coefficient (Wildman–Crippen LogP) is 4.07. The van der Waals surface area contributed by atoms with Crippen LogP contribution in [-0.4, -0.2) is 22.0 Å². The van der Waals surface area contributed by atoms with Crippen molar-refractivity contribution in [2.24, 2.45) is 0 Å². The number of benzene rings is 1. The maximum absolute atomic E-state index is 12.2. The maximum atomic E-state index is 12.2. The first-order valence-electron chi connectivity index (χ1n) is 8.16. The molecular formula is C19H20ClN3O. The van der Waals surface area contributed by atoms with Gasteiger partial charge in [0.15, 0.2) is 0 Å². The number of halogens is 1. The fraction of sp³-hybridized carbons (Fsp3) is 0.263. The van der Waals surface area contributed by atoms with Gasteiger partial charge in [0, 0.05) is 30.9 Å². The average Bonchev–Trinajstić information content (AvgIpc) is 2.94. The summed E-state index contributed by atoms with van der Waals surface area (Å²) in [5, 5.41) is 4.56. The van der Waals surface area contributed by atoms with Crippen molar-refractivity contribution in [2.75, 3.05) is 6.54 Å². The first-order valence-corrected chi connectivity index (χ1v) is 8.54. The third kappa shape index (κ3) is 3.44. The number of hydrogen-bond acceptors (Lipinski definition) is 2. The van der Waals surface area contributed by atoms with Gasteiger partial charge >= 0.3 is 0 Å². The van der Waals surface area contributed by atoms with Crippen molar-refractivity contribution in [3.05, 3.63) is 64.9 Å². The summed E-state index contributed by atoms with van der Waals surface area (Å²) in [5.41, 5.74) is 2.71. The zero-order valence-corrected chi connectivity index (χ0v) is 14.4. The summed E-state index contributed by atoms with van der Waals surface area (Å²) >= 11 is 6.06. The second-order valence-corrected chi connectivity index (χ2v) is 6.12. The van der Waals surface area contributed by atoms with E-state index >= 15 is 0 Å². The minimum absolute atomic E-state index is 0.143. The molecule has 4 nitrogen and oxygen atoms in total. The summed E-state index contributed by atoms with van der Waals surface area (Å²) in [6, 6.07) is 11.1. The summed E-state index contributed by atoms with van der Waals surface area (Å²) in [6.45, 7) is 3.65. The molecule has 0 saturated heterocycles. The van der Waals surface area contributed by atoms with Crippen molar-refractivity contribution in [2.45, 2.75) is 26.3 Å². The Morgan fingerprint density at radius 1 is 1.25 bits per heavy atom. The van der Waals surface area contributed by atoms with Crippen LogP contribution in [-0.2, 0) is 13.0 Å². The molecule has 0 atom stereocenters. The molecular weight excluding hydrogens is 322 g/mol. The van der Waals surface area contributed by atoms with Crippen LogP contribution in [0.2, 0.25) is 5.02 Å². The highest BCUT2D eigenvalue weighted by atomic mass is 35.5. The van der Waals surface area contributed by atoms with E-state index in [1.54, 1.807) is 12.1 Å². The second kappa shape index (κ2) is 7.49. The van der Waals surface area contributed by atoms with Gasteiger partial charge in [0.25, 0.3) is 5.91 Å². The van der Waals surface area contributed by atoms with Crippen LogP contribution in [0.1, 0.15) is 29.3 Å². The van der Waals surface area contributed by atoms with Gasteiger partial charge in [-0.1, -0.05) is 30.7 Å². The van der Waals surface area contributed by atoms with Gasteiger partial charge < -0.3 is 9.88 Å². The van der Waals surface area contributed by atoms with Gasteiger partial charge in [0.05, 0.1) is 10.6 Å². The summed E-state index contributed by atoms with van der Waals surface area (Å²) in [5.74, 6) is -0.143. The number of hydrogen-bond donors (Lipinski definition) is 1. The molecule has 0 aliphatic carbocycles. The first-order chi connectivity index (χ1) is 11.7. The van der Waals surface area contributed by atoms with Crippen LogP contribution in [0, 0.1) is 0 Å². The molecule has 3 aromatic rings. The molecule has 24 heavy (non-hydrogen) atoms. The lowest BCUT2D eigenvalue weighted by Gasteiger charge is -2.06. The molecule has 0 fully saturated rings. The van der Waals surface area contributed by atoms with Gasteiger partial charge in [-0.2, -0.15) is 0 Å².